The SMILES string of the molecule is O=C(/C=C/c1ccc(Cl)cc1)N1CCC(c2nc(-c3ccc4c(c3)OCO4)no2)CC1. The molecule has 1 saturated heterocycles. The number of rotatable bonds is 4. The van der Waals surface area contributed by atoms with E-state index in [0.29, 0.717) is 35.6 Å². The Morgan fingerprint density at radius 2 is 1.84 bits per heavy atom. The normalized spacial score (nSPS) is 16.2. The first-order chi connectivity index (χ1) is 15.2. The molecule has 2 aliphatic heterocycles. The second kappa shape index (κ2) is 8.43. The average Bonchev–Trinajstić information content (AvgIpc) is 3.48. The number of hydrogen-bond acceptors (Lipinski definition) is 6. The molecule has 3 heterocycles. The van der Waals surface area contributed by atoms with Gasteiger partial charge < -0.3 is 18.9 Å². The molecule has 0 N–H and O–H groups in total. The van der Waals surface area contributed by atoms with Crippen LogP contribution in [0, 0.1) is 0 Å². The molecule has 31 heavy (non-hydrogen) atoms. The third-order valence-corrected chi connectivity index (χ3v) is 5.77. The Bertz CT molecular complexity index is 1120. The van der Waals surface area contributed by atoms with Gasteiger partial charge in [0.25, 0.3) is 0 Å². The molecule has 0 saturated carbocycles. The summed E-state index contributed by atoms with van der Waals surface area (Å²) >= 11 is 5.89. The summed E-state index contributed by atoms with van der Waals surface area (Å²) in [6.07, 6.45) is 4.97. The molecule has 0 spiro atoms. The highest BCUT2D eigenvalue weighted by Gasteiger charge is 2.27. The van der Waals surface area contributed by atoms with Crippen LogP contribution >= 0.6 is 11.6 Å². The summed E-state index contributed by atoms with van der Waals surface area (Å²) < 4.78 is 16.3. The molecule has 3 aromatic rings. The molecule has 0 atom stereocenters. The summed E-state index contributed by atoms with van der Waals surface area (Å²) in [7, 11) is 0. The molecule has 158 valence electrons. The Kier molecular flexibility index (Phi) is 5.34. The van der Waals surface area contributed by atoms with E-state index >= 15 is 0 Å². The largest absolute Gasteiger partial charge is 0.454 e. The van der Waals surface area contributed by atoms with Crippen LogP contribution < -0.4 is 9.47 Å². The van der Waals surface area contributed by atoms with Crippen LogP contribution in [-0.2, 0) is 4.79 Å². The number of likely N-dealkylation sites (tertiary alicyclic amines) is 1. The molecule has 0 radical (unpaired) electrons. The lowest BCUT2D eigenvalue weighted by Crippen LogP contribution is -2.36. The fourth-order valence-electron chi connectivity index (χ4n) is 3.75. The molecule has 2 aromatic carbocycles. The van der Waals surface area contributed by atoms with E-state index < -0.39 is 0 Å². The maximum atomic E-state index is 12.5. The Morgan fingerprint density at radius 1 is 1.06 bits per heavy atom. The van der Waals surface area contributed by atoms with Crippen molar-refractivity contribution in [2.24, 2.45) is 0 Å². The van der Waals surface area contributed by atoms with Crippen molar-refractivity contribution in [2.75, 3.05) is 19.9 Å². The number of amides is 1. The highest BCUT2D eigenvalue weighted by atomic mass is 35.5. The lowest BCUT2D eigenvalue weighted by atomic mass is 9.96. The highest BCUT2D eigenvalue weighted by molar-refractivity contribution is 6.30. The Hall–Kier alpha value is -3.32. The number of carbonyl (C=O) groups excluding carboxylic acids is 1. The molecule has 1 fully saturated rings. The van der Waals surface area contributed by atoms with Gasteiger partial charge in [0.05, 0.1) is 0 Å². The van der Waals surface area contributed by atoms with E-state index in [1.165, 1.54) is 0 Å². The third kappa shape index (κ3) is 4.27. The molecule has 0 bridgehead atoms. The summed E-state index contributed by atoms with van der Waals surface area (Å²) in [4.78, 5) is 18.9. The van der Waals surface area contributed by atoms with E-state index in [9.17, 15) is 4.79 Å². The lowest BCUT2D eigenvalue weighted by molar-refractivity contribution is -0.127. The summed E-state index contributed by atoms with van der Waals surface area (Å²) in [5.74, 6) is 2.67. The fourth-order valence-corrected chi connectivity index (χ4v) is 3.87. The zero-order chi connectivity index (χ0) is 21.2. The van der Waals surface area contributed by atoms with Crippen LogP contribution in [-0.4, -0.2) is 40.8 Å². The predicted molar refractivity (Wildman–Crippen MR) is 115 cm³/mol. The maximum Gasteiger partial charge on any atom is 0.246 e. The molecule has 1 aromatic heterocycles. The van der Waals surface area contributed by atoms with Crippen molar-refractivity contribution in [3.8, 4) is 22.9 Å². The van der Waals surface area contributed by atoms with Gasteiger partial charge in [-0.25, -0.2) is 0 Å². The number of carbonyl (C=O) groups is 1. The van der Waals surface area contributed by atoms with E-state index in [-0.39, 0.29) is 18.6 Å². The second-order valence-corrected chi connectivity index (χ2v) is 7.95. The van der Waals surface area contributed by atoms with Gasteiger partial charge in [-0.1, -0.05) is 28.9 Å². The van der Waals surface area contributed by atoms with Gasteiger partial charge in [-0.05, 0) is 54.8 Å². The first-order valence-electron chi connectivity index (χ1n) is 10.1. The summed E-state index contributed by atoms with van der Waals surface area (Å²) in [5, 5.41) is 4.80. The van der Waals surface area contributed by atoms with Gasteiger partial charge in [0.1, 0.15) is 0 Å². The van der Waals surface area contributed by atoms with Crippen LogP contribution in [0.25, 0.3) is 17.5 Å². The first kappa shape index (κ1) is 19.6. The maximum absolute atomic E-state index is 12.5. The summed E-state index contributed by atoms with van der Waals surface area (Å²) in [5.41, 5.74) is 1.76. The quantitative estimate of drug-likeness (QED) is 0.558. The molecule has 5 rings (SSSR count). The minimum absolute atomic E-state index is 0.0000204. The van der Waals surface area contributed by atoms with Gasteiger partial charge in [0.15, 0.2) is 11.5 Å². The van der Waals surface area contributed by atoms with Gasteiger partial charge in [-0.15, -0.1) is 0 Å². The smallest absolute Gasteiger partial charge is 0.246 e. The van der Waals surface area contributed by atoms with Gasteiger partial charge in [0.2, 0.25) is 24.4 Å². The second-order valence-electron chi connectivity index (χ2n) is 7.51. The molecular formula is C23H20ClN3O4. The lowest BCUT2D eigenvalue weighted by Gasteiger charge is -2.29. The van der Waals surface area contributed by atoms with Crippen LogP contribution in [0.2, 0.25) is 5.02 Å². The van der Waals surface area contributed by atoms with Crippen molar-refractivity contribution in [1.29, 1.82) is 0 Å². The van der Waals surface area contributed by atoms with E-state index in [2.05, 4.69) is 10.1 Å². The van der Waals surface area contributed by atoms with Crippen LogP contribution in [0.1, 0.15) is 30.2 Å². The number of nitrogens with zero attached hydrogens (tertiary/aromatic N) is 3. The first-order valence-corrected chi connectivity index (χ1v) is 10.5. The van der Waals surface area contributed by atoms with Gasteiger partial charge >= 0.3 is 0 Å². The van der Waals surface area contributed by atoms with Gasteiger partial charge in [-0.3, -0.25) is 4.79 Å². The van der Waals surface area contributed by atoms with Crippen LogP contribution in [0.15, 0.2) is 53.1 Å². The van der Waals surface area contributed by atoms with Crippen LogP contribution in [0.3, 0.4) is 0 Å². The molecule has 0 aliphatic carbocycles. The van der Waals surface area contributed by atoms with E-state index in [4.69, 9.17) is 25.6 Å². The molecular weight excluding hydrogens is 418 g/mol. The molecule has 8 heteroatoms. The Morgan fingerprint density at radius 3 is 2.65 bits per heavy atom. The minimum Gasteiger partial charge on any atom is -0.454 e. The molecule has 0 unspecified atom stereocenters. The number of benzene rings is 2. The molecule has 7 nitrogen and oxygen atoms in total. The van der Waals surface area contributed by atoms with E-state index in [0.717, 1.165) is 29.7 Å². The van der Waals surface area contributed by atoms with E-state index in [1.807, 2.05) is 35.2 Å². The molecule has 2 aliphatic rings. The zero-order valence-electron chi connectivity index (χ0n) is 16.7. The van der Waals surface area contributed by atoms with Crippen molar-refractivity contribution in [2.45, 2.75) is 18.8 Å². The number of aromatic nitrogens is 2. The topological polar surface area (TPSA) is 77.7 Å². The molecule has 1 amide bonds. The van der Waals surface area contributed by atoms with E-state index in [1.54, 1.807) is 24.3 Å². The number of piperidine rings is 1. The van der Waals surface area contributed by atoms with Crippen LogP contribution in [0.5, 0.6) is 11.5 Å². The summed E-state index contributed by atoms with van der Waals surface area (Å²) in [6, 6.07) is 13.0. The van der Waals surface area contributed by atoms with Gasteiger partial charge in [0, 0.05) is 35.7 Å². The fraction of sp³-hybridized carbons (Fsp3) is 0.261. The van der Waals surface area contributed by atoms with Crippen molar-refractivity contribution < 1.29 is 18.8 Å². The van der Waals surface area contributed by atoms with Crippen molar-refractivity contribution in [3.63, 3.8) is 0 Å². The van der Waals surface area contributed by atoms with Crippen molar-refractivity contribution in [1.82, 2.24) is 15.0 Å². The summed E-state index contributed by atoms with van der Waals surface area (Å²) in [6.45, 7) is 1.52. The number of hydrogen-bond donors (Lipinski definition) is 0. The highest BCUT2D eigenvalue weighted by Crippen LogP contribution is 2.36. The van der Waals surface area contributed by atoms with Crippen LogP contribution in [0.4, 0.5) is 0 Å². The van der Waals surface area contributed by atoms with Gasteiger partial charge in [-0.2, -0.15) is 4.98 Å². The predicted octanol–water partition coefficient (Wildman–Crippen LogP) is 4.54. The van der Waals surface area contributed by atoms with Crippen molar-refractivity contribution in [3.05, 3.63) is 65.0 Å². The number of halogens is 1. The Labute approximate surface area is 184 Å². The van der Waals surface area contributed by atoms with Crippen molar-refractivity contribution >= 4 is 23.6 Å². The minimum atomic E-state index is -0.0000204. The number of ether oxygens (including phenoxy) is 2. The zero-order valence-corrected chi connectivity index (χ0v) is 17.4. The monoisotopic (exact) mass is 437 g/mol. The average molecular weight is 438 g/mol. The third-order valence-electron chi connectivity index (χ3n) is 5.52. The number of fused-ring (bicyclic) bond motifs is 1. The standard InChI is InChI=1S/C23H20ClN3O4/c24-18-5-1-15(2-6-18)3-8-21(28)27-11-9-16(10-12-27)23-25-22(26-31-23)17-4-7-19-20(13-17)30-14-29-19/h1-8,13,16H,9-12,14H2/b8-3+. The Balaban J connectivity index is 1.19.